The molecular formula is C16H17N3O3S2. The Bertz CT molecular complexity index is 834. The van der Waals surface area contributed by atoms with Crippen LogP contribution < -0.4 is 5.56 Å². The van der Waals surface area contributed by atoms with Crippen LogP contribution in [0.5, 0.6) is 0 Å². The van der Waals surface area contributed by atoms with Crippen molar-refractivity contribution in [2.24, 2.45) is 0 Å². The predicted molar refractivity (Wildman–Crippen MR) is 96.5 cm³/mol. The van der Waals surface area contributed by atoms with E-state index in [4.69, 9.17) is 4.98 Å². The van der Waals surface area contributed by atoms with Gasteiger partial charge in [0, 0.05) is 29.6 Å². The molecule has 2 heterocycles. The molecule has 3 rings (SSSR count). The van der Waals surface area contributed by atoms with Crippen molar-refractivity contribution in [2.75, 3.05) is 5.75 Å². The van der Waals surface area contributed by atoms with Gasteiger partial charge in [-0.15, -0.1) is 11.8 Å². The second kappa shape index (κ2) is 6.98. The molecule has 1 aromatic heterocycles. The molecule has 6 nitrogen and oxygen atoms in total. The summed E-state index contributed by atoms with van der Waals surface area (Å²) in [7, 11) is 0. The van der Waals surface area contributed by atoms with Crippen LogP contribution in [0.25, 0.3) is 5.69 Å². The fourth-order valence-electron chi connectivity index (χ4n) is 2.39. The van der Waals surface area contributed by atoms with Crippen LogP contribution in [0.15, 0.2) is 39.1 Å². The van der Waals surface area contributed by atoms with Crippen LogP contribution in [-0.2, 0) is 6.42 Å². The number of aryl methyl sites for hydroxylation is 1. The molecule has 1 atom stereocenters. The standard InChI is InChI=1S/C16H17N3O3S2/c1-3-10(2)24-16-17-13-8-9-23-14(13)15(20)18(16)11-4-6-12(7-5-11)19(21)22/h4-7,10H,3,8-9H2,1-2H3/t10-/m1/s1. The highest BCUT2D eigenvalue weighted by molar-refractivity contribution is 8.00. The number of aromatic nitrogens is 2. The summed E-state index contributed by atoms with van der Waals surface area (Å²) in [5, 5.41) is 11.8. The first-order valence-corrected chi connectivity index (χ1v) is 9.58. The van der Waals surface area contributed by atoms with E-state index in [1.807, 2.05) is 0 Å². The molecule has 0 saturated heterocycles. The molecule has 0 aliphatic carbocycles. The molecule has 0 bridgehead atoms. The van der Waals surface area contributed by atoms with E-state index in [9.17, 15) is 14.9 Å². The summed E-state index contributed by atoms with van der Waals surface area (Å²) >= 11 is 3.10. The highest BCUT2D eigenvalue weighted by Gasteiger charge is 2.23. The maximum Gasteiger partial charge on any atom is 0.272 e. The summed E-state index contributed by atoms with van der Waals surface area (Å²) in [4.78, 5) is 28.7. The minimum absolute atomic E-state index is 0.00595. The first kappa shape index (κ1) is 17.0. The Morgan fingerprint density at radius 3 is 2.75 bits per heavy atom. The molecule has 0 fully saturated rings. The number of nitrogens with zero attached hydrogens (tertiary/aromatic N) is 3. The molecule has 0 radical (unpaired) electrons. The third-order valence-electron chi connectivity index (χ3n) is 3.87. The number of benzene rings is 1. The fourth-order valence-corrected chi connectivity index (χ4v) is 4.40. The van der Waals surface area contributed by atoms with Gasteiger partial charge in [0.05, 0.1) is 21.2 Å². The number of fused-ring (bicyclic) bond motifs is 1. The zero-order valence-electron chi connectivity index (χ0n) is 13.4. The largest absolute Gasteiger partial charge is 0.272 e. The van der Waals surface area contributed by atoms with Gasteiger partial charge >= 0.3 is 0 Å². The number of hydrogen-bond donors (Lipinski definition) is 0. The minimum Gasteiger partial charge on any atom is -0.268 e. The second-order valence-corrected chi connectivity index (χ2v) is 8.03. The smallest absolute Gasteiger partial charge is 0.268 e. The van der Waals surface area contributed by atoms with Crippen molar-refractivity contribution < 1.29 is 4.92 Å². The molecule has 0 saturated carbocycles. The summed E-state index contributed by atoms with van der Waals surface area (Å²) < 4.78 is 1.58. The average Bonchev–Trinajstić information content (AvgIpc) is 3.04. The van der Waals surface area contributed by atoms with Crippen molar-refractivity contribution >= 4 is 29.2 Å². The van der Waals surface area contributed by atoms with Gasteiger partial charge in [-0.25, -0.2) is 4.98 Å². The molecule has 126 valence electrons. The fraction of sp³-hybridized carbons (Fsp3) is 0.375. The van der Waals surface area contributed by atoms with Crippen molar-refractivity contribution in [2.45, 2.75) is 42.0 Å². The Kier molecular flexibility index (Phi) is 4.96. The summed E-state index contributed by atoms with van der Waals surface area (Å²) in [5.74, 6) is 0.870. The zero-order chi connectivity index (χ0) is 17.3. The molecule has 24 heavy (non-hydrogen) atoms. The van der Waals surface area contributed by atoms with Gasteiger partial charge in [-0.05, 0) is 18.6 Å². The van der Waals surface area contributed by atoms with Crippen LogP contribution in [-0.4, -0.2) is 25.5 Å². The van der Waals surface area contributed by atoms with Crippen molar-refractivity contribution in [3.63, 3.8) is 0 Å². The van der Waals surface area contributed by atoms with Gasteiger partial charge in [0.1, 0.15) is 0 Å². The van der Waals surface area contributed by atoms with E-state index in [2.05, 4.69) is 13.8 Å². The van der Waals surface area contributed by atoms with Crippen LogP contribution in [0.1, 0.15) is 26.0 Å². The summed E-state index contributed by atoms with van der Waals surface area (Å²) in [6.45, 7) is 4.19. The van der Waals surface area contributed by atoms with Gasteiger partial charge in [-0.1, -0.05) is 25.6 Å². The molecule has 8 heteroatoms. The first-order valence-electron chi connectivity index (χ1n) is 7.71. The van der Waals surface area contributed by atoms with Gasteiger partial charge in [-0.3, -0.25) is 19.5 Å². The lowest BCUT2D eigenvalue weighted by atomic mass is 10.2. The quantitative estimate of drug-likeness (QED) is 0.349. The maximum absolute atomic E-state index is 12.9. The number of hydrogen-bond acceptors (Lipinski definition) is 6. The topological polar surface area (TPSA) is 78.0 Å². The van der Waals surface area contributed by atoms with E-state index >= 15 is 0 Å². The van der Waals surface area contributed by atoms with Gasteiger partial charge in [0.25, 0.3) is 11.2 Å². The van der Waals surface area contributed by atoms with Crippen LogP contribution in [0.4, 0.5) is 5.69 Å². The van der Waals surface area contributed by atoms with E-state index in [0.717, 1.165) is 24.3 Å². The molecule has 2 aromatic rings. The molecule has 1 aromatic carbocycles. The third kappa shape index (κ3) is 3.21. The monoisotopic (exact) mass is 363 g/mol. The highest BCUT2D eigenvalue weighted by Crippen LogP contribution is 2.32. The van der Waals surface area contributed by atoms with Crippen LogP contribution in [0.3, 0.4) is 0 Å². The molecule has 1 aliphatic rings. The summed E-state index contributed by atoms with van der Waals surface area (Å²) in [5.41, 5.74) is 1.40. The third-order valence-corrected chi connectivity index (χ3v) is 6.19. The highest BCUT2D eigenvalue weighted by atomic mass is 32.2. The van der Waals surface area contributed by atoms with E-state index in [1.165, 1.54) is 23.9 Å². The van der Waals surface area contributed by atoms with Crippen LogP contribution >= 0.6 is 23.5 Å². The molecule has 0 unspecified atom stereocenters. The van der Waals surface area contributed by atoms with E-state index in [-0.39, 0.29) is 11.2 Å². The Morgan fingerprint density at radius 2 is 2.12 bits per heavy atom. The molecule has 0 amide bonds. The number of nitro groups is 1. The van der Waals surface area contributed by atoms with E-state index < -0.39 is 4.92 Å². The van der Waals surface area contributed by atoms with Gasteiger partial charge in [0.15, 0.2) is 5.16 Å². The number of nitro benzene ring substituents is 1. The van der Waals surface area contributed by atoms with E-state index in [1.54, 1.807) is 28.5 Å². The number of rotatable bonds is 5. The average molecular weight is 363 g/mol. The molecule has 0 spiro atoms. The lowest BCUT2D eigenvalue weighted by molar-refractivity contribution is -0.384. The lowest BCUT2D eigenvalue weighted by Crippen LogP contribution is -2.24. The maximum atomic E-state index is 12.9. The Balaban J connectivity index is 2.14. The SMILES string of the molecule is CC[C@@H](C)Sc1nc2c(c(=O)n1-c1ccc([N+](=O)[O-])cc1)SCC2. The zero-order valence-corrected chi connectivity index (χ0v) is 15.0. The normalized spacial score (nSPS) is 14.4. The molecule has 1 aliphatic heterocycles. The van der Waals surface area contributed by atoms with Crippen molar-refractivity contribution in [3.8, 4) is 5.69 Å². The second-order valence-electron chi connectivity index (χ2n) is 5.52. The first-order chi connectivity index (χ1) is 11.5. The van der Waals surface area contributed by atoms with Crippen molar-refractivity contribution in [3.05, 3.63) is 50.4 Å². The molecule has 0 N–H and O–H groups in total. The minimum atomic E-state index is -0.446. The predicted octanol–water partition coefficient (Wildman–Crippen LogP) is 3.68. The van der Waals surface area contributed by atoms with Crippen LogP contribution in [0.2, 0.25) is 0 Å². The lowest BCUT2D eigenvalue weighted by Gasteiger charge is -2.16. The van der Waals surface area contributed by atoms with Gasteiger partial charge < -0.3 is 0 Å². The van der Waals surface area contributed by atoms with Gasteiger partial charge in [0.2, 0.25) is 0 Å². The Labute approximate surface area is 147 Å². The van der Waals surface area contributed by atoms with Crippen LogP contribution in [0, 0.1) is 10.1 Å². The molecular weight excluding hydrogens is 346 g/mol. The Morgan fingerprint density at radius 1 is 1.42 bits per heavy atom. The van der Waals surface area contributed by atoms with Crippen molar-refractivity contribution in [1.82, 2.24) is 9.55 Å². The summed E-state index contributed by atoms with van der Waals surface area (Å²) in [6.07, 6.45) is 1.77. The van der Waals surface area contributed by atoms with Crippen molar-refractivity contribution in [1.29, 1.82) is 0 Å². The van der Waals surface area contributed by atoms with Gasteiger partial charge in [-0.2, -0.15) is 0 Å². The summed E-state index contributed by atoms with van der Waals surface area (Å²) in [6, 6.07) is 6.04. The number of thioether (sulfide) groups is 2. The Hall–Kier alpha value is -1.80. The number of non-ortho nitro benzene ring substituents is 1. The van der Waals surface area contributed by atoms with E-state index in [0.29, 0.717) is 21.0 Å².